The second-order valence-corrected chi connectivity index (χ2v) is 5.72. The Bertz CT molecular complexity index is 523. The number of rotatable bonds is 7. The summed E-state index contributed by atoms with van der Waals surface area (Å²) in [6.45, 7) is 2.20. The zero-order valence-electron chi connectivity index (χ0n) is 12.2. The van der Waals surface area contributed by atoms with Crippen LogP contribution in [0.4, 0.5) is 0 Å². The number of nitrogens with one attached hydrogen (secondary N) is 1. The van der Waals surface area contributed by atoms with Crippen LogP contribution in [0.15, 0.2) is 29.4 Å². The van der Waals surface area contributed by atoms with E-state index in [1.54, 1.807) is 16.4 Å². The first-order valence-corrected chi connectivity index (χ1v) is 7.84. The summed E-state index contributed by atoms with van der Waals surface area (Å²) in [4.78, 5) is 0. The van der Waals surface area contributed by atoms with E-state index >= 15 is 0 Å². The van der Waals surface area contributed by atoms with Crippen LogP contribution >= 0.6 is 11.8 Å². The Morgan fingerprint density at radius 1 is 1.30 bits per heavy atom. The van der Waals surface area contributed by atoms with E-state index in [9.17, 15) is 0 Å². The van der Waals surface area contributed by atoms with Crippen LogP contribution in [0.1, 0.15) is 30.5 Å². The SMILES string of the molecule is CCCc1ccc(C(CSc2nnnn2C)NC)cc1. The zero-order chi connectivity index (χ0) is 14.4. The Morgan fingerprint density at radius 2 is 2.05 bits per heavy atom. The van der Waals surface area contributed by atoms with Crippen molar-refractivity contribution in [2.75, 3.05) is 12.8 Å². The summed E-state index contributed by atoms with van der Waals surface area (Å²) in [6.07, 6.45) is 2.33. The van der Waals surface area contributed by atoms with Crippen molar-refractivity contribution in [1.82, 2.24) is 25.5 Å². The van der Waals surface area contributed by atoms with Gasteiger partial charge in [-0.2, -0.15) is 0 Å². The average Bonchev–Trinajstić information content (AvgIpc) is 2.87. The molecule has 0 saturated heterocycles. The molecule has 108 valence electrons. The van der Waals surface area contributed by atoms with Gasteiger partial charge >= 0.3 is 0 Å². The third-order valence-corrected chi connectivity index (χ3v) is 4.33. The van der Waals surface area contributed by atoms with E-state index in [1.807, 2.05) is 14.1 Å². The number of thioether (sulfide) groups is 1. The fourth-order valence-electron chi connectivity index (χ4n) is 2.05. The third kappa shape index (κ3) is 3.80. The molecule has 0 radical (unpaired) electrons. The van der Waals surface area contributed by atoms with Crippen molar-refractivity contribution < 1.29 is 0 Å². The van der Waals surface area contributed by atoms with Gasteiger partial charge in [-0.15, -0.1) is 5.10 Å². The van der Waals surface area contributed by atoms with E-state index in [0.29, 0.717) is 6.04 Å². The number of tetrazole rings is 1. The molecular weight excluding hydrogens is 270 g/mol. The van der Waals surface area contributed by atoms with Gasteiger partial charge in [-0.3, -0.25) is 0 Å². The van der Waals surface area contributed by atoms with Crippen LogP contribution in [0.2, 0.25) is 0 Å². The van der Waals surface area contributed by atoms with Crippen molar-refractivity contribution >= 4 is 11.8 Å². The molecule has 1 heterocycles. The van der Waals surface area contributed by atoms with Crippen molar-refractivity contribution in [1.29, 1.82) is 0 Å². The van der Waals surface area contributed by atoms with Gasteiger partial charge in [0, 0.05) is 18.8 Å². The molecule has 0 aliphatic carbocycles. The van der Waals surface area contributed by atoms with E-state index in [2.05, 4.69) is 52.0 Å². The maximum absolute atomic E-state index is 3.99. The number of nitrogens with zero attached hydrogens (tertiary/aromatic N) is 4. The first-order valence-electron chi connectivity index (χ1n) is 6.85. The maximum Gasteiger partial charge on any atom is 0.209 e. The molecule has 20 heavy (non-hydrogen) atoms. The smallest absolute Gasteiger partial charge is 0.209 e. The first-order chi connectivity index (χ1) is 9.74. The van der Waals surface area contributed by atoms with Gasteiger partial charge in [0.05, 0.1) is 0 Å². The molecule has 2 rings (SSSR count). The minimum Gasteiger partial charge on any atom is -0.312 e. The van der Waals surface area contributed by atoms with Gasteiger partial charge in [0.25, 0.3) is 0 Å². The number of benzene rings is 1. The van der Waals surface area contributed by atoms with Gasteiger partial charge in [0.15, 0.2) is 0 Å². The monoisotopic (exact) mass is 291 g/mol. The fraction of sp³-hybridized carbons (Fsp3) is 0.500. The van der Waals surface area contributed by atoms with E-state index in [0.717, 1.165) is 17.3 Å². The second-order valence-electron chi connectivity index (χ2n) is 4.73. The first kappa shape index (κ1) is 15.0. The molecule has 1 atom stereocenters. The summed E-state index contributed by atoms with van der Waals surface area (Å²) in [7, 11) is 3.84. The van der Waals surface area contributed by atoms with Crippen molar-refractivity contribution in [3.05, 3.63) is 35.4 Å². The second kappa shape index (κ2) is 7.40. The summed E-state index contributed by atoms with van der Waals surface area (Å²) >= 11 is 1.66. The van der Waals surface area contributed by atoms with Crippen molar-refractivity contribution in [3.8, 4) is 0 Å². The number of hydrogen-bond donors (Lipinski definition) is 1. The summed E-state index contributed by atoms with van der Waals surface area (Å²) in [5, 5.41) is 15.7. The van der Waals surface area contributed by atoms with Crippen LogP contribution in [-0.2, 0) is 13.5 Å². The number of aryl methyl sites for hydroxylation is 2. The van der Waals surface area contributed by atoms with E-state index in [-0.39, 0.29) is 0 Å². The van der Waals surface area contributed by atoms with Gasteiger partial charge < -0.3 is 5.32 Å². The van der Waals surface area contributed by atoms with Gasteiger partial charge in [-0.25, -0.2) is 4.68 Å². The molecule has 1 unspecified atom stereocenters. The summed E-state index contributed by atoms with van der Waals surface area (Å²) in [5.74, 6) is 0.901. The van der Waals surface area contributed by atoms with Crippen molar-refractivity contribution in [2.45, 2.75) is 31.0 Å². The standard InChI is InChI=1S/C14H21N5S/c1-4-5-11-6-8-12(9-7-11)13(15-2)10-20-14-16-17-18-19(14)3/h6-9,13,15H,4-5,10H2,1-3H3. The van der Waals surface area contributed by atoms with E-state index in [4.69, 9.17) is 0 Å². The Kier molecular flexibility index (Phi) is 5.55. The molecule has 1 aromatic carbocycles. The largest absolute Gasteiger partial charge is 0.312 e. The quantitative estimate of drug-likeness (QED) is 0.793. The molecule has 0 spiro atoms. The highest BCUT2D eigenvalue weighted by Crippen LogP contribution is 2.22. The Morgan fingerprint density at radius 3 is 2.60 bits per heavy atom. The molecule has 0 aliphatic heterocycles. The predicted molar refractivity (Wildman–Crippen MR) is 81.8 cm³/mol. The molecule has 0 aliphatic rings. The van der Waals surface area contributed by atoms with E-state index < -0.39 is 0 Å². The molecule has 1 aromatic heterocycles. The van der Waals surface area contributed by atoms with Crippen LogP contribution in [0.5, 0.6) is 0 Å². The van der Waals surface area contributed by atoms with Gasteiger partial charge in [-0.1, -0.05) is 49.4 Å². The molecular formula is C14H21N5S. The lowest BCUT2D eigenvalue weighted by molar-refractivity contribution is 0.649. The minimum absolute atomic E-state index is 0.298. The molecule has 2 aromatic rings. The molecule has 0 saturated carbocycles. The maximum atomic E-state index is 3.99. The van der Waals surface area contributed by atoms with Crippen LogP contribution in [0, 0.1) is 0 Å². The molecule has 6 heteroatoms. The van der Waals surface area contributed by atoms with Gasteiger partial charge in [0.2, 0.25) is 5.16 Å². The predicted octanol–water partition coefficient (Wildman–Crippen LogP) is 2.22. The topological polar surface area (TPSA) is 55.6 Å². The normalized spacial score (nSPS) is 12.6. The Hall–Kier alpha value is -1.40. The summed E-state index contributed by atoms with van der Waals surface area (Å²) < 4.78 is 1.70. The zero-order valence-corrected chi connectivity index (χ0v) is 13.0. The highest BCUT2D eigenvalue weighted by molar-refractivity contribution is 7.99. The van der Waals surface area contributed by atoms with Crippen molar-refractivity contribution in [2.24, 2.45) is 7.05 Å². The van der Waals surface area contributed by atoms with Crippen molar-refractivity contribution in [3.63, 3.8) is 0 Å². The minimum atomic E-state index is 0.298. The highest BCUT2D eigenvalue weighted by Gasteiger charge is 2.12. The van der Waals surface area contributed by atoms with Crippen LogP contribution < -0.4 is 5.32 Å². The number of aromatic nitrogens is 4. The Labute approximate surface area is 124 Å². The number of hydrogen-bond acceptors (Lipinski definition) is 5. The van der Waals surface area contributed by atoms with E-state index in [1.165, 1.54) is 17.5 Å². The fourth-order valence-corrected chi connectivity index (χ4v) is 3.05. The lowest BCUT2D eigenvalue weighted by Crippen LogP contribution is -2.19. The lowest BCUT2D eigenvalue weighted by Gasteiger charge is -2.16. The molecule has 5 nitrogen and oxygen atoms in total. The molecule has 1 N–H and O–H groups in total. The lowest BCUT2D eigenvalue weighted by atomic mass is 10.0. The highest BCUT2D eigenvalue weighted by atomic mass is 32.2. The molecule has 0 fully saturated rings. The van der Waals surface area contributed by atoms with Crippen LogP contribution in [0.3, 0.4) is 0 Å². The third-order valence-electron chi connectivity index (χ3n) is 3.23. The Balaban J connectivity index is 1.98. The van der Waals surface area contributed by atoms with Gasteiger partial charge in [0.1, 0.15) is 0 Å². The van der Waals surface area contributed by atoms with Gasteiger partial charge in [-0.05, 0) is 35.0 Å². The summed E-state index contributed by atoms with van der Waals surface area (Å²) in [6, 6.07) is 9.16. The summed E-state index contributed by atoms with van der Waals surface area (Å²) in [5.41, 5.74) is 2.70. The average molecular weight is 291 g/mol. The molecule has 0 amide bonds. The van der Waals surface area contributed by atoms with Crippen LogP contribution in [0.25, 0.3) is 0 Å². The molecule has 0 bridgehead atoms. The van der Waals surface area contributed by atoms with Crippen LogP contribution in [-0.4, -0.2) is 33.0 Å².